The first-order chi connectivity index (χ1) is 5.91. The monoisotopic (exact) mass is 172 g/mol. The summed E-state index contributed by atoms with van der Waals surface area (Å²) >= 11 is 0. The van der Waals surface area contributed by atoms with Crippen molar-refractivity contribution in [2.24, 2.45) is 5.73 Å². The molecule has 12 heavy (non-hydrogen) atoms. The van der Waals surface area contributed by atoms with E-state index in [1.54, 1.807) is 0 Å². The van der Waals surface area contributed by atoms with Crippen LogP contribution in [-0.2, 0) is 4.79 Å². The summed E-state index contributed by atoms with van der Waals surface area (Å²) in [7, 11) is 0. The highest BCUT2D eigenvalue weighted by molar-refractivity contribution is 5.48. The van der Waals surface area contributed by atoms with Crippen molar-refractivity contribution in [2.45, 2.75) is 32.1 Å². The molecule has 0 bridgehead atoms. The fourth-order valence-electron chi connectivity index (χ4n) is 1.01. The molecule has 0 aromatic carbocycles. The minimum atomic E-state index is 0.711. The van der Waals surface area contributed by atoms with Crippen molar-refractivity contribution in [1.82, 2.24) is 5.32 Å². The van der Waals surface area contributed by atoms with E-state index in [-0.39, 0.29) is 0 Å². The van der Waals surface area contributed by atoms with Crippen LogP contribution in [0.4, 0.5) is 0 Å². The molecule has 0 atom stereocenters. The van der Waals surface area contributed by atoms with Gasteiger partial charge >= 0.3 is 0 Å². The summed E-state index contributed by atoms with van der Waals surface area (Å²) in [6.07, 6.45) is 6.09. The fraction of sp³-hybridized carbons (Fsp3) is 0.889. The Hall–Kier alpha value is -0.410. The van der Waals surface area contributed by atoms with Gasteiger partial charge in [-0.3, -0.25) is 0 Å². The SMILES string of the molecule is NCCCNCCCCCC=O. The zero-order valence-electron chi connectivity index (χ0n) is 7.72. The second-order valence-electron chi connectivity index (χ2n) is 2.91. The Bertz CT molecular complexity index is 96.5. The van der Waals surface area contributed by atoms with Crippen LogP contribution in [0, 0.1) is 0 Å². The van der Waals surface area contributed by atoms with Crippen molar-refractivity contribution in [2.75, 3.05) is 19.6 Å². The quantitative estimate of drug-likeness (QED) is 0.397. The smallest absolute Gasteiger partial charge is 0.119 e. The van der Waals surface area contributed by atoms with Gasteiger partial charge in [-0.25, -0.2) is 0 Å². The van der Waals surface area contributed by atoms with Crippen LogP contribution < -0.4 is 11.1 Å². The Balaban J connectivity index is 2.77. The third kappa shape index (κ3) is 9.59. The molecule has 3 N–H and O–H groups in total. The normalized spacial score (nSPS) is 10.1. The minimum absolute atomic E-state index is 0.711. The van der Waals surface area contributed by atoms with Gasteiger partial charge in [-0.2, -0.15) is 0 Å². The Morgan fingerprint density at radius 1 is 1.08 bits per heavy atom. The van der Waals surface area contributed by atoms with Crippen LogP contribution in [0.15, 0.2) is 0 Å². The lowest BCUT2D eigenvalue weighted by Crippen LogP contribution is -2.19. The molecule has 0 aromatic heterocycles. The number of aldehydes is 1. The number of unbranched alkanes of at least 4 members (excludes halogenated alkanes) is 3. The van der Waals surface area contributed by atoms with Crippen LogP contribution in [0.5, 0.6) is 0 Å². The first kappa shape index (κ1) is 11.6. The highest BCUT2D eigenvalue weighted by atomic mass is 16.1. The van der Waals surface area contributed by atoms with E-state index in [1.165, 1.54) is 6.42 Å². The molecule has 0 aliphatic heterocycles. The summed E-state index contributed by atoms with van der Waals surface area (Å²) in [6.45, 7) is 2.83. The molecule has 0 rings (SSSR count). The van der Waals surface area contributed by atoms with Crippen LogP contribution in [0.2, 0.25) is 0 Å². The lowest BCUT2D eigenvalue weighted by Gasteiger charge is -2.01. The number of carbonyl (C=O) groups excluding carboxylic acids is 1. The predicted molar refractivity (Wildman–Crippen MR) is 51.1 cm³/mol. The number of nitrogens with two attached hydrogens (primary N) is 1. The van der Waals surface area contributed by atoms with E-state index in [4.69, 9.17) is 5.73 Å². The van der Waals surface area contributed by atoms with Gasteiger partial charge in [-0.05, 0) is 38.9 Å². The largest absolute Gasteiger partial charge is 0.330 e. The van der Waals surface area contributed by atoms with E-state index < -0.39 is 0 Å². The third-order valence-corrected chi connectivity index (χ3v) is 1.73. The zero-order valence-corrected chi connectivity index (χ0v) is 7.72. The lowest BCUT2D eigenvalue weighted by atomic mass is 10.2. The van der Waals surface area contributed by atoms with E-state index in [9.17, 15) is 4.79 Å². The van der Waals surface area contributed by atoms with Crippen molar-refractivity contribution < 1.29 is 4.79 Å². The molecule has 0 saturated carbocycles. The maximum atomic E-state index is 9.95. The van der Waals surface area contributed by atoms with Crippen LogP contribution in [0.1, 0.15) is 32.1 Å². The molecule has 0 spiro atoms. The van der Waals surface area contributed by atoms with Crippen LogP contribution >= 0.6 is 0 Å². The van der Waals surface area contributed by atoms with E-state index in [0.717, 1.165) is 45.2 Å². The second kappa shape index (κ2) is 10.6. The summed E-state index contributed by atoms with van der Waals surface area (Å²) in [5, 5.41) is 3.29. The van der Waals surface area contributed by atoms with Gasteiger partial charge in [-0.15, -0.1) is 0 Å². The summed E-state index contributed by atoms with van der Waals surface area (Å²) in [5.74, 6) is 0. The van der Waals surface area contributed by atoms with Crippen molar-refractivity contribution in [3.8, 4) is 0 Å². The predicted octanol–water partition coefficient (Wildman–Crippen LogP) is 0.684. The number of nitrogens with one attached hydrogen (secondary N) is 1. The van der Waals surface area contributed by atoms with Crippen molar-refractivity contribution in [1.29, 1.82) is 0 Å². The second-order valence-corrected chi connectivity index (χ2v) is 2.91. The van der Waals surface area contributed by atoms with Gasteiger partial charge in [0.05, 0.1) is 0 Å². The molecule has 0 unspecified atom stereocenters. The Morgan fingerprint density at radius 3 is 2.50 bits per heavy atom. The fourth-order valence-corrected chi connectivity index (χ4v) is 1.01. The average molecular weight is 172 g/mol. The number of rotatable bonds is 9. The van der Waals surface area contributed by atoms with Gasteiger partial charge in [0.15, 0.2) is 0 Å². The summed E-state index contributed by atoms with van der Waals surface area (Å²) in [6, 6.07) is 0. The molecule has 0 heterocycles. The Morgan fingerprint density at radius 2 is 1.83 bits per heavy atom. The number of hydrogen-bond donors (Lipinski definition) is 2. The van der Waals surface area contributed by atoms with Gasteiger partial charge in [-0.1, -0.05) is 6.42 Å². The van der Waals surface area contributed by atoms with Gasteiger partial charge in [0.2, 0.25) is 0 Å². The van der Waals surface area contributed by atoms with Crippen LogP contribution in [0.25, 0.3) is 0 Å². The Labute approximate surface area is 74.7 Å². The van der Waals surface area contributed by atoms with Gasteiger partial charge in [0.1, 0.15) is 6.29 Å². The van der Waals surface area contributed by atoms with E-state index >= 15 is 0 Å². The first-order valence-electron chi connectivity index (χ1n) is 4.76. The van der Waals surface area contributed by atoms with Crippen molar-refractivity contribution in [3.63, 3.8) is 0 Å². The average Bonchev–Trinajstić information content (AvgIpc) is 2.10. The highest BCUT2D eigenvalue weighted by Crippen LogP contribution is 1.95. The van der Waals surface area contributed by atoms with Gasteiger partial charge in [0, 0.05) is 6.42 Å². The first-order valence-corrected chi connectivity index (χ1v) is 4.76. The molecule has 0 aromatic rings. The Kier molecular flexibility index (Phi) is 10.2. The molecule has 0 amide bonds. The molecule has 3 heteroatoms. The summed E-state index contributed by atoms with van der Waals surface area (Å²) in [5.41, 5.74) is 5.33. The zero-order chi connectivity index (χ0) is 9.07. The molecule has 72 valence electrons. The highest BCUT2D eigenvalue weighted by Gasteiger charge is 1.88. The standard InChI is InChI=1S/C9H20N2O/c10-6-5-8-11-7-3-1-2-4-9-12/h9,11H,1-8,10H2. The van der Waals surface area contributed by atoms with E-state index in [0.29, 0.717) is 6.42 Å². The molecule has 0 aliphatic rings. The summed E-state index contributed by atoms with van der Waals surface area (Å²) < 4.78 is 0. The topological polar surface area (TPSA) is 55.1 Å². The maximum Gasteiger partial charge on any atom is 0.119 e. The van der Waals surface area contributed by atoms with E-state index in [1.807, 2.05) is 0 Å². The van der Waals surface area contributed by atoms with Crippen LogP contribution in [-0.4, -0.2) is 25.9 Å². The molecule has 3 nitrogen and oxygen atoms in total. The molecule has 0 saturated heterocycles. The van der Waals surface area contributed by atoms with Gasteiger partial charge < -0.3 is 15.8 Å². The third-order valence-electron chi connectivity index (χ3n) is 1.73. The molecule has 0 fully saturated rings. The maximum absolute atomic E-state index is 9.95. The number of hydrogen-bond acceptors (Lipinski definition) is 3. The van der Waals surface area contributed by atoms with Crippen molar-refractivity contribution in [3.05, 3.63) is 0 Å². The van der Waals surface area contributed by atoms with E-state index in [2.05, 4.69) is 5.32 Å². The minimum Gasteiger partial charge on any atom is -0.330 e. The van der Waals surface area contributed by atoms with Gasteiger partial charge in [0.25, 0.3) is 0 Å². The molecule has 0 aliphatic carbocycles. The van der Waals surface area contributed by atoms with Crippen LogP contribution in [0.3, 0.4) is 0 Å². The molecule has 0 radical (unpaired) electrons. The molecular weight excluding hydrogens is 152 g/mol. The number of carbonyl (C=O) groups is 1. The summed E-state index contributed by atoms with van der Waals surface area (Å²) in [4.78, 5) is 9.95. The molecular formula is C9H20N2O. The van der Waals surface area contributed by atoms with Crippen molar-refractivity contribution >= 4 is 6.29 Å². The lowest BCUT2D eigenvalue weighted by molar-refractivity contribution is -0.107.